The van der Waals surface area contributed by atoms with Gasteiger partial charge in [0.25, 0.3) is 0 Å². The van der Waals surface area contributed by atoms with Gasteiger partial charge in [-0.3, -0.25) is 15.4 Å². The number of carbonyl (C=O) groups excluding carboxylic acids is 2. The zero-order chi connectivity index (χ0) is 18.2. The van der Waals surface area contributed by atoms with Crippen LogP contribution in [-0.2, 0) is 4.79 Å². The Morgan fingerprint density at radius 2 is 1.72 bits per heavy atom. The predicted molar refractivity (Wildman–Crippen MR) is 99.4 cm³/mol. The fourth-order valence-corrected chi connectivity index (χ4v) is 2.68. The molecule has 0 aromatic heterocycles. The molecular weight excluding hydrogens is 338 g/mol. The van der Waals surface area contributed by atoms with Crippen LogP contribution >= 0.6 is 11.6 Å². The summed E-state index contributed by atoms with van der Waals surface area (Å²) < 4.78 is 0. The van der Waals surface area contributed by atoms with Crippen molar-refractivity contribution < 1.29 is 9.59 Å². The molecule has 0 aliphatic rings. The predicted octanol–water partition coefficient (Wildman–Crippen LogP) is 3.58. The van der Waals surface area contributed by atoms with Crippen LogP contribution in [-0.4, -0.2) is 18.5 Å². The van der Waals surface area contributed by atoms with E-state index in [1.54, 1.807) is 13.0 Å². The van der Waals surface area contributed by atoms with Crippen LogP contribution in [0.2, 0.25) is 5.02 Å². The van der Waals surface area contributed by atoms with Gasteiger partial charge in [0.1, 0.15) is 6.04 Å². The lowest BCUT2D eigenvalue weighted by atomic mass is 10.0. The van der Waals surface area contributed by atoms with Crippen LogP contribution in [0.1, 0.15) is 37.1 Å². The van der Waals surface area contributed by atoms with Crippen molar-refractivity contribution in [2.75, 3.05) is 6.54 Å². The maximum atomic E-state index is 12.6. The van der Waals surface area contributed by atoms with Gasteiger partial charge in [-0.2, -0.15) is 0 Å². The molecule has 2 atom stereocenters. The fraction of sp³-hybridized carbons (Fsp3) is 0.263. The molecular formula is C19H22ClN3O2. The molecule has 0 unspecified atom stereocenters. The molecule has 2 aromatic rings. The van der Waals surface area contributed by atoms with Crippen molar-refractivity contribution in [3.63, 3.8) is 0 Å². The number of nitrogens with one attached hydrogen (secondary N) is 3. The normalized spacial score (nSPS) is 12.9. The summed E-state index contributed by atoms with van der Waals surface area (Å²) in [5.41, 5.74) is 1.73. The molecule has 132 valence electrons. The third kappa shape index (κ3) is 5.59. The van der Waals surface area contributed by atoms with Gasteiger partial charge in [-0.15, -0.1) is 0 Å². The summed E-state index contributed by atoms with van der Waals surface area (Å²) in [6, 6.07) is 15.4. The van der Waals surface area contributed by atoms with E-state index < -0.39 is 18.0 Å². The average Bonchev–Trinajstić information content (AvgIpc) is 2.60. The highest BCUT2D eigenvalue weighted by Gasteiger charge is 2.24. The van der Waals surface area contributed by atoms with Gasteiger partial charge in [-0.25, -0.2) is 4.79 Å². The van der Waals surface area contributed by atoms with Crippen LogP contribution in [0, 0.1) is 0 Å². The SMILES string of the molecule is CCNC(=O)NC(=O)[C@H](N[C@H](C)c1cccc(Cl)c1)c1ccccc1. The first-order valence-electron chi connectivity index (χ1n) is 8.16. The second-order valence-corrected chi connectivity index (χ2v) is 6.07. The molecule has 0 saturated carbocycles. The Hall–Kier alpha value is -2.37. The molecule has 0 spiro atoms. The molecule has 0 fully saturated rings. The number of benzene rings is 2. The summed E-state index contributed by atoms with van der Waals surface area (Å²) >= 11 is 6.05. The minimum Gasteiger partial charge on any atom is -0.338 e. The van der Waals surface area contributed by atoms with E-state index in [9.17, 15) is 9.59 Å². The molecule has 3 amide bonds. The Morgan fingerprint density at radius 1 is 1.04 bits per heavy atom. The Kier molecular flexibility index (Phi) is 6.98. The highest BCUT2D eigenvalue weighted by Crippen LogP contribution is 2.22. The lowest BCUT2D eigenvalue weighted by molar-refractivity contribution is -0.122. The molecule has 0 aliphatic carbocycles. The molecule has 0 heterocycles. The molecule has 0 radical (unpaired) electrons. The topological polar surface area (TPSA) is 70.2 Å². The van der Waals surface area contributed by atoms with Crippen molar-refractivity contribution in [2.24, 2.45) is 0 Å². The highest BCUT2D eigenvalue weighted by atomic mass is 35.5. The van der Waals surface area contributed by atoms with E-state index in [-0.39, 0.29) is 6.04 Å². The van der Waals surface area contributed by atoms with Gasteiger partial charge < -0.3 is 5.32 Å². The molecule has 0 aliphatic heterocycles. The fourth-order valence-electron chi connectivity index (χ4n) is 2.48. The molecule has 2 rings (SSSR count). The van der Waals surface area contributed by atoms with Gasteiger partial charge in [0.05, 0.1) is 0 Å². The van der Waals surface area contributed by atoms with E-state index in [1.165, 1.54) is 0 Å². The number of amides is 3. The van der Waals surface area contributed by atoms with Crippen LogP contribution in [0.15, 0.2) is 54.6 Å². The van der Waals surface area contributed by atoms with E-state index in [0.717, 1.165) is 11.1 Å². The first-order valence-corrected chi connectivity index (χ1v) is 8.54. The van der Waals surface area contributed by atoms with Crippen molar-refractivity contribution in [3.8, 4) is 0 Å². The summed E-state index contributed by atoms with van der Waals surface area (Å²) in [5, 5.41) is 8.84. The van der Waals surface area contributed by atoms with Gasteiger partial charge in [0.15, 0.2) is 0 Å². The maximum absolute atomic E-state index is 12.6. The van der Waals surface area contributed by atoms with Gasteiger partial charge in [-0.1, -0.05) is 54.1 Å². The Balaban J connectivity index is 2.20. The largest absolute Gasteiger partial charge is 0.338 e. The minimum absolute atomic E-state index is 0.135. The van der Waals surface area contributed by atoms with Crippen molar-refractivity contribution in [3.05, 3.63) is 70.7 Å². The van der Waals surface area contributed by atoms with Gasteiger partial charge in [0, 0.05) is 17.6 Å². The Morgan fingerprint density at radius 3 is 2.36 bits per heavy atom. The minimum atomic E-state index is -0.669. The van der Waals surface area contributed by atoms with Gasteiger partial charge in [0.2, 0.25) is 5.91 Å². The second kappa shape index (κ2) is 9.20. The van der Waals surface area contributed by atoms with Crippen molar-refractivity contribution in [2.45, 2.75) is 25.9 Å². The van der Waals surface area contributed by atoms with Crippen LogP contribution < -0.4 is 16.0 Å². The molecule has 2 aromatic carbocycles. The summed E-state index contributed by atoms with van der Waals surface area (Å²) in [7, 11) is 0. The molecule has 25 heavy (non-hydrogen) atoms. The quantitative estimate of drug-likeness (QED) is 0.738. The summed E-state index contributed by atoms with van der Waals surface area (Å²) in [6.45, 7) is 4.18. The van der Waals surface area contributed by atoms with Gasteiger partial charge >= 0.3 is 6.03 Å². The van der Waals surface area contributed by atoms with Crippen LogP contribution in [0.3, 0.4) is 0 Å². The standard InChI is InChI=1S/C19H22ClN3O2/c1-3-21-19(25)23-18(24)17(14-8-5-4-6-9-14)22-13(2)15-10-7-11-16(20)12-15/h4-13,17,22H,3H2,1-2H3,(H2,21,23,24,25)/t13-,17-/m1/s1. The van der Waals surface area contributed by atoms with E-state index in [4.69, 9.17) is 11.6 Å². The first-order chi connectivity index (χ1) is 12.0. The number of hydrogen-bond donors (Lipinski definition) is 3. The molecule has 6 heteroatoms. The number of halogens is 1. The second-order valence-electron chi connectivity index (χ2n) is 5.64. The smallest absolute Gasteiger partial charge is 0.321 e. The third-order valence-electron chi connectivity index (χ3n) is 3.73. The van der Waals surface area contributed by atoms with Crippen LogP contribution in [0.25, 0.3) is 0 Å². The van der Waals surface area contributed by atoms with Crippen molar-refractivity contribution in [1.29, 1.82) is 0 Å². The average molecular weight is 360 g/mol. The first kappa shape index (κ1) is 19.0. The lowest BCUT2D eigenvalue weighted by Gasteiger charge is -2.23. The zero-order valence-electron chi connectivity index (χ0n) is 14.3. The van der Waals surface area contributed by atoms with E-state index in [2.05, 4.69) is 16.0 Å². The third-order valence-corrected chi connectivity index (χ3v) is 3.97. The Labute approximate surface area is 152 Å². The molecule has 3 N–H and O–H groups in total. The lowest BCUT2D eigenvalue weighted by Crippen LogP contribution is -2.45. The number of urea groups is 1. The van der Waals surface area contributed by atoms with E-state index in [1.807, 2.05) is 55.5 Å². The highest BCUT2D eigenvalue weighted by molar-refractivity contribution is 6.30. The summed E-state index contributed by atoms with van der Waals surface area (Å²) in [5.74, 6) is -0.411. The zero-order valence-corrected chi connectivity index (χ0v) is 15.0. The number of imide groups is 1. The number of carbonyl (C=O) groups is 2. The van der Waals surface area contributed by atoms with Crippen LogP contribution in [0.5, 0.6) is 0 Å². The van der Waals surface area contributed by atoms with E-state index in [0.29, 0.717) is 11.6 Å². The van der Waals surface area contributed by atoms with Crippen molar-refractivity contribution >= 4 is 23.5 Å². The van der Waals surface area contributed by atoms with Crippen LogP contribution in [0.4, 0.5) is 4.79 Å². The monoisotopic (exact) mass is 359 g/mol. The van der Waals surface area contributed by atoms with Gasteiger partial charge in [-0.05, 0) is 37.1 Å². The molecule has 0 saturated heterocycles. The molecule has 5 nitrogen and oxygen atoms in total. The maximum Gasteiger partial charge on any atom is 0.321 e. The summed E-state index contributed by atoms with van der Waals surface area (Å²) in [4.78, 5) is 24.3. The number of hydrogen-bond acceptors (Lipinski definition) is 3. The summed E-state index contributed by atoms with van der Waals surface area (Å²) in [6.07, 6.45) is 0. The van der Waals surface area contributed by atoms with E-state index >= 15 is 0 Å². The number of rotatable bonds is 6. The van der Waals surface area contributed by atoms with Crippen molar-refractivity contribution in [1.82, 2.24) is 16.0 Å². The Bertz CT molecular complexity index is 722. The molecule has 0 bridgehead atoms.